The van der Waals surface area contributed by atoms with E-state index >= 15 is 0 Å². The summed E-state index contributed by atoms with van der Waals surface area (Å²) < 4.78 is 0. The van der Waals surface area contributed by atoms with Crippen LogP contribution in [0, 0.1) is 18.3 Å². The number of amides is 1. The van der Waals surface area contributed by atoms with Gasteiger partial charge in [0.25, 0.3) is 0 Å². The summed E-state index contributed by atoms with van der Waals surface area (Å²) in [5, 5.41) is 13.1. The van der Waals surface area contributed by atoms with Gasteiger partial charge in [0.2, 0.25) is 5.91 Å². The Bertz CT molecular complexity index is 970. The SMILES string of the molecule is CC1=C(C(N)=O)C(c2ccc(C)cc2)N=C(SCc2ccccc2C#N)N1. The summed E-state index contributed by atoms with van der Waals surface area (Å²) in [4.78, 5) is 16.7. The molecule has 0 saturated carbocycles. The molecule has 1 unspecified atom stereocenters. The van der Waals surface area contributed by atoms with Crippen molar-refractivity contribution in [2.24, 2.45) is 10.7 Å². The molecule has 1 aliphatic heterocycles. The summed E-state index contributed by atoms with van der Waals surface area (Å²) in [7, 11) is 0. The van der Waals surface area contributed by atoms with Gasteiger partial charge in [0.05, 0.1) is 17.2 Å². The van der Waals surface area contributed by atoms with Gasteiger partial charge in [0.15, 0.2) is 5.17 Å². The highest BCUT2D eigenvalue weighted by Gasteiger charge is 2.27. The number of primary amides is 1. The van der Waals surface area contributed by atoms with E-state index < -0.39 is 11.9 Å². The van der Waals surface area contributed by atoms with Crippen molar-refractivity contribution in [1.29, 1.82) is 5.26 Å². The van der Waals surface area contributed by atoms with E-state index in [0.717, 1.165) is 16.7 Å². The van der Waals surface area contributed by atoms with Crippen LogP contribution in [0.25, 0.3) is 0 Å². The fourth-order valence-electron chi connectivity index (χ4n) is 2.93. The molecule has 1 aliphatic rings. The van der Waals surface area contributed by atoms with Gasteiger partial charge in [-0.25, -0.2) is 4.99 Å². The number of nitrogens with one attached hydrogen (secondary N) is 1. The van der Waals surface area contributed by atoms with Gasteiger partial charge in [0.1, 0.15) is 6.04 Å². The molecule has 1 amide bonds. The Morgan fingerprint density at radius 2 is 1.93 bits per heavy atom. The third-order valence-corrected chi connectivity index (χ3v) is 5.32. The number of carbonyl (C=O) groups is 1. The van der Waals surface area contributed by atoms with Gasteiger partial charge in [-0.15, -0.1) is 0 Å². The van der Waals surface area contributed by atoms with Crippen molar-refractivity contribution in [2.45, 2.75) is 25.6 Å². The minimum absolute atomic E-state index is 0.432. The summed E-state index contributed by atoms with van der Waals surface area (Å²) in [6.45, 7) is 3.85. The molecule has 136 valence electrons. The number of hydrogen-bond donors (Lipinski definition) is 2. The molecule has 6 heteroatoms. The Labute approximate surface area is 163 Å². The van der Waals surface area contributed by atoms with Crippen LogP contribution in [0.1, 0.15) is 35.2 Å². The van der Waals surface area contributed by atoms with Crippen molar-refractivity contribution >= 4 is 22.8 Å². The number of benzene rings is 2. The van der Waals surface area contributed by atoms with Gasteiger partial charge in [-0.05, 0) is 31.0 Å². The molecule has 3 rings (SSSR count). The van der Waals surface area contributed by atoms with Crippen molar-refractivity contribution in [1.82, 2.24) is 5.32 Å². The molecule has 1 heterocycles. The number of nitriles is 1. The fourth-order valence-corrected chi connectivity index (χ4v) is 3.88. The molecular weight excluding hydrogens is 356 g/mol. The number of nitrogens with two attached hydrogens (primary N) is 1. The van der Waals surface area contributed by atoms with Gasteiger partial charge < -0.3 is 11.1 Å². The zero-order chi connectivity index (χ0) is 19.4. The van der Waals surface area contributed by atoms with Gasteiger partial charge >= 0.3 is 0 Å². The summed E-state index contributed by atoms with van der Waals surface area (Å²) in [6, 6.07) is 17.2. The average Bonchev–Trinajstić information content (AvgIpc) is 2.66. The van der Waals surface area contributed by atoms with Crippen LogP contribution in [0.2, 0.25) is 0 Å². The Morgan fingerprint density at radius 1 is 1.22 bits per heavy atom. The molecule has 3 N–H and O–H groups in total. The molecule has 0 aliphatic carbocycles. The molecule has 0 aromatic heterocycles. The lowest BCUT2D eigenvalue weighted by atomic mass is 9.95. The predicted molar refractivity (Wildman–Crippen MR) is 109 cm³/mol. The van der Waals surface area contributed by atoms with Crippen LogP contribution in [-0.4, -0.2) is 11.1 Å². The highest BCUT2D eigenvalue weighted by Crippen LogP contribution is 2.32. The van der Waals surface area contributed by atoms with Crippen molar-refractivity contribution in [2.75, 3.05) is 0 Å². The van der Waals surface area contributed by atoms with E-state index in [4.69, 9.17) is 10.7 Å². The molecule has 0 fully saturated rings. The highest BCUT2D eigenvalue weighted by atomic mass is 32.2. The lowest BCUT2D eigenvalue weighted by Crippen LogP contribution is -2.32. The van der Waals surface area contributed by atoms with Crippen molar-refractivity contribution in [3.8, 4) is 6.07 Å². The number of amidine groups is 1. The Balaban J connectivity index is 1.88. The second kappa shape index (κ2) is 8.11. The van der Waals surface area contributed by atoms with E-state index in [0.29, 0.717) is 27.8 Å². The van der Waals surface area contributed by atoms with Gasteiger partial charge in [-0.3, -0.25) is 4.79 Å². The van der Waals surface area contributed by atoms with E-state index in [2.05, 4.69) is 11.4 Å². The number of rotatable bonds is 4. The van der Waals surface area contributed by atoms with Crippen molar-refractivity contribution in [3.05, 3.63) is 82.1 Å². The average molecular weight is 376 g/mol. The first-order chi connectivity index (χ1) is 13.0. The number of aryl methyl sites for hydroxylation is 1. The summed E-state index contributed by atoms with van der Waals surface area (Å²) in [5.74, 6) is 0.128. The predicted octanol–water partition coefficient (Wildman–Crippen LogP) is 3.56. The van der Waals surface area contributed by atoms with Gasteiger partial charge in [-0.2, -0.15) is 5.26 Å². The first-order valence-electron chi connectivity index (χ1n) is 8.52. The van der Waals surface area contributed by atoms with Crippen LogP contribution in [0.4, 0.5) is 0 Å². The third-order valence-electron chi connectivity index (χ3n) is 4.38. The molecule has 1 atom stereocenters. The van der Waals surface area contributed by atoms with Crippen LogP contribution in [-0.2, 0) is 10.5 Å². The first kappa shape index (κ1) is 18.7. The number of nitrogens with zero attached hydrogens (tertiary/aromatic N) is 2. The van der Waals surface area contributed by atoms with Gasteiger partial charge in [0, 0.05) is 11.4 Å². The molecule has 0 bridgehead atoms. The maximum Gasteiger partial charge on any atom is 0.248 e. The highest BCUT2D eigenvalue weighted by molar-refractivity contribution is 8.13. The maximum atomic E-state index is 12.0. The zero-order valence-corrected chi connectivity index (χ0v) is 16.0. The molecule has 0 saturated heterocycles. The molecular formula is C21H20N4OS. The second-order valence-corrected chi connectivity index (χ2v) is 7.30. The lowest BCUT2D eigenvalue weighted by molar-refractivity contribution is -0.114. The van der Waals surface area contributed by atoms with Crippen LogP contribution in [0.5, 0.6) is 0 Å². The molecule has 2 aromatic rings. The summed E-state index contributed by atoms with van der Waals surface area (Å²) >= 11 is 1.50. The third kappa shape index (κ3) is 4.21. The number of carbonyl (C=O) groups excluding carboxylic acids is 1. The van der Waals surface area contributed by atoms with Crippen molar-refractivity contribution in [3.63, 3.8) is 0 Å². The second-order valence-electron chi connectivity index (χ2n) is 6.33. The number of thioether (sulfide) groups is 1. The molecule has 2 aromatic carbocycles. The van der Waals surface area contributed by atoms with E-state index in [1.54, 1.807) is 6.07 Å². The fraction of sp³-hybridized carbons (Fsp3) is 0.190. The van der Waals surface area contributed by atoms with E-state index in [9.17, 15) is 10.1 Å². The smallest absolute Gasteiger partial charge is 0.248 e. The standard InChI is InChI=1S/C21H20N4OS/c1-13-7-9-15(10-8-13)19-18(20(23)26)14(2)24-21(25-19)27-12-17-6-4-3-5-16(17)11-22/h3-10,19H,12H2,1-2H3,(H2,23,26)(H,24,25). The van der Waals surface area contributed by atoms with Crippen LogP contribution in [0.15, 0.2) is 64.8 Å². The molecule has 0 spiro atoms. The lowest BCUT2D eigenvalue weighted by Gasteiger charge is -2.25. The Kier molecular flexibility index (Phi) is 5.63. The van der Waals surface area contributed by atoms with E-state index in [1.807, 2.05) is 56.3 Å². The van der Waals surface area contributed by atoms with Crippen LogP contribution in [0.3, 0.4) is 0 Å². The topological polar surface area (TPSA) is 91.3 Å². The largest absolute Gasteiger partial charge is 0.366 e. The number of aliphatic imine (C=N–C) groups is 1. The zero-order valence-electron chi connectivity index (χ0n) is 15.2. The normalized spacial score (nSPS) is 16.3. The monoisotopic (exact) mass is 376 g/mol. The minimum atomic E-state index is -0.479. The molecule has 27 heavy (non-hydrogen) atoms. The minimum Gasteiger partial charge on any atom is -0.366 e. The van der Waals surface area contributed by atoms with E-state index in [-0.39, 0.29) is 0 Å². The summed E-state index contributed by atoms with van der Waals surface area (Å²) in [6.07, 6.45) is 0. The molecule has 0 radical (unpaired) electrons. The summed E-state index contributed by atoms with van der Waals surface area (Å²) in [5.41, 5.74) is 10.5. The quantitative estimate of drug-likeness (QED) is 0.853. The molecule has 5 nitrogen and oxygen atoms in total. The Hall–Kier alpha value is -3.04. The first-order valence-corrected chi connectivity index (χ1v) is 9.51. The number of allylic oxidation sites excluding steroid dienone is 1. The van der Waals surface area contributed by atoms with Crippen molar-refractivity contribution < 1.29 is 4.79 Å². The Morgan fingerprint density at radius 3 is 2.59 bits per heavy atom. The maximum absolute atomic E-state index is 12.0. The van der Waals surface area contributed by atoms with Crippen LogP contribution < -0.4 is 11.1 Å². The van der Waals surface area contributed by atoms with E-state index in [1.165, 1.54) is 11.8 Å². The number of hydrogen-bond acceptors (Lipinski definition) is 5. The van der Waals surface area contributed by atoms with Crippen LogP contribution >= 0.6 is 11.8 Å². The van der Waals surface area contributed by atoms with Gasteiger partial charge in [-0.1, -0.05) is 59.8 Å².